The SMILES string of the molecule is Cc1cccc(C)c1B1C=[C-]N(c2ccccn2)C=C1.[Ir].[c-]1ccccc1C1=NC=CC1. The molecule has 0 unspecified atom stereocenters. The van der Waals surface area contributed by atoms with Crippen molar-refractivity contribution < 1.29 is 20.1 Å². The fraction of sp³-hybridized carbons (Fsp3) is 0.111. The molecule has 0 fully saturated rings. The van der Waals surface area contributed by atoms with E-state index in [4.69, 9.17) is 0 Å². The molecule has 5 rings (SSSR count). The molecule has 3 heterocycles. The second-order valence-corrected chi connectivity index (χ2v) is 7.47. The molecule has 2 aliphatic rings. The standard InChI is InChI=1S/C17H16BN2.C10H8N.Ir/c1-14-6-5-7-15(2)17(14)18-9-12-20(13-10-18)16-8-3-4-11-19-16;1-2-5-9(6-3-1)10-7-4-8-11-10;/h3-12H,1-2H3;1-5,8H,7H2;/q2*-1;. The third-order valence-electron chi connectivity index (χ3n) is 5.27. The minimum atomic E-state index is 0. The van der Waals surface area contributed by atoms with E-state index in [1.54, 1.807) is 6.20 Å². The molecule has 2 aromatic carbocycles. The van der Waals surface area contributed by atoms with Crippen LogP contribution in [-0.4, -0.2) is 17.4 Å². The van der Waals surface area contributed by atoms with Crippen molar-refractivity contribution in [3.63, 3.8) is 0 Å². The van der Waals surface area contributed by atoms with Crippen molar-refractivity contribution in [1.82, 2.24) is 4.98 Å². The van der Waals surface area contributed by atoms with Gasteiger partial charge in [-0.25, -0.2) is 0 Å². The first-order chi connectivity index (χ1) is 15.2. The number of allylic oxidation sites excluding steroid dienone is 1. The Labute approximate surface area is 204 Å². The number of aliphatic imine (C=N–C) groups is 1. The van der Waals surface area contributed by atoms with Crippen LogP contribution in [0.1, 0.15) is 23.1 Å². The van der Waals surface area contributed by atoms with Crippen LogP contribution in [-0.2, 0) is 20.1 Å². The van der Waals surface area contributed by atoms with Gasteiger partial charge in [-0.1, -0.05) is 53.0 Å². The molecule has 0 amide bonds. The van der Waals surface area contributed by atoms with Gasteiger partial charge in [-0.15, -0.1) is 60.2 Å². The van der Waals surface area contributed by atoms with Crippen LogP contribution in [0.15, 0.2) is 102 Å². The van der Waals surface area contributed by atoms with E-state index < -0.39 is 0 Å². The zero-order chi connectivity index (χ0) is 21.5. The Morgan fingerprint density at radius 2 is 1.78 bits per heavy atom. The van der Waals surface area contributed by atoms with E-state index >= 15 is 0 Å². The van der Waals surface area contributed by atoms with Gasteiger partial charge in [0.25, 0.3) is 0 Å². The number of aryl methyl sites for hydroxylation is 2. The van der Waals surface area contributed by atoms with Crippen molar-refractivity contribution in [3.8, 4) is 0 Å². The van der Waals surface area contributed by atoms with Crippen molar-refractivity contribution in [2.45, 2.75) is 20.3 Å². The Bertz CT molecular complexity index is 1100. The molecule has 161 valence electrons. The summed E-state index contributed by atoms with van der Waals surface area (Å²) >= 11 is 0. The van der Waals surface area contributed by atoms with E-state index in [0.717, 1.165) is 23.5 Å². The molecule has 0 atom stereocenters. The number of benzene rings is 2. The summed E-state index contributed by atoms with van der Waals surface area (Å²) in [5.74, 6) is 5.19. The van der Waals surface area contributed by atoms with E-state index in [2.05, 4.69) is 72.3 Å². The average Bonchev–Trinajstić information content (AvgIpc) is 3.36. The molecular formula is C27H24BIrN3-2. The number of pyridine rings is 1. The first-order valence-corrected chi connectivity index (χ1v) is 10.5. The first kappa shape index (κ1) is 23.7. The molecule has 0 saturated heterocycles. The van der Waals surface area contributed by atoms with E-state index in [1.165, 1.54) is 16.6 Å². The number of nitrogens with zero attached hydrogens (tertiary/aromatic N) is 3. The quantitative estimate of drug-likeness (QED) is 0.315. The summed E-state index contributed by atoms with van der Waals surface area (Å²) in [7, 11) is 0. The molecule has 5 heteroatoms. The summed E-state index contributed by atoms with van der Waals surface area (Å²) in [6.07, 6.45) is 12.0. The fourth-order valence-electron chi connectivity index (χ4n) is 3.72. The van der Waals surface area contributed by atoms with Gasteiger partial charge in [0.05, 0.1) is 0 Å². The number of aromatic nitrogens is 1. The Balaban J connectivity index is 0.000000204. The molecule has 3 nitrogen and oxygen atoms in total. The van der Waals surface area contributed by atoms with Gasteiger partial charge in [0.2, 0.25) is 6.71 Å². The van der Waals surface area contributed by atoms with Crippen LogP contribution in [0, 0.1) is 26.1 Å². The van der Waals surface area contributed by atoms with Crippen LogP contribution in [0.2, 0.25) is 0 Å². The maximum absolute atomic E-state index is 4.33. The van der Waals surface area contributed by atoms with Gasteiger partial charge in [-0.05, 0) is 32.0 Å². The van der Waals surface area contributed by atoms with Crippen LogP contribution >= 0.6 is 0 Å². The van der Waals surface area contributed by atoms with Crippen LogP contribution in [0.4, 0.5) is 5.82 Å². The Morgan fingerprint density at radius 3 is 2.38 bits per heavy atom. The second kappa shape index (κ2) is 11.6. The van der Waals surface area contributed by atoms with Crippen molar-refractivity contribution in [3.05, 3.63) is 126 Å². The van der Waals surface area contributed by atoms with E-state index in [1.807, 2.05) is 59.8 Å². The number of hydrogen-bond donors (Lipinski definition) is 0. The molecular weight excluding hydrogens is 569 g/mol. The maximum atomic E-state index is 4.33. The minimum Gasteiger partial charge on any atom is -0.471 e. The molecule has 0 saturated carbocycles. The largest absolute Gasteiger partial charge is 0.471 e. The van der Waals surface area contributed by atoms with E-state index in [-0.39, 0.29) is 26.8 Å². The minimum absolute atomic E-state index is 0. The fourth-order valence-corrected chi connectivity index (χ4v) is 3.72. The number of rotatable bonds is 3. The summed E-state index contributed by atoms with van der Waals surface area (Å²) in [6, 6.07) is 23.4. The monoisotopic (exact) mass is 594 g/mol. The van der Waals surface area contributed by atoms with Crippen LogP contribution < -0.4 is 10.4 Å². The second-order valence-electron chi connectivity index (χ2n) is 7.47. The zero-order valence-electron chi connectivity index (χ0n) is 18.2. The van der Waals surface area contributed by atoms with Crippen molar-refractivity contribution in [2.24, 2.45) is 4.99 Å². The van der Waals surface area contributed by atoms with Gasteiger partial charge in [-0.2, -0.15) is 0 Å². The van der Waals surface area contributed by atoms with Gasteiger partial charge in [0.15, 0.2) is 0 Å². The normalized spacial score (nSPS) is 13.9. The van der Waals surface area contributed by atoms with Crippen molar-refractivity contribution in [2.75, 3.05) is 4.90 Å². The summed E-state index contributed by atoms with van der Waals surface area (Å²) < 4.78 is 0. The predicted molar refractivity (Wildman–Crippen MR) is 131 cm³/mol. The average molecular weight is 594 g/mol. The van der Waals surface area contributed by atoms with Gasteiger partial charge < -0.3 is 14.9 Å². The molecule has 1 aromatic heterocycles. The van der Waals surface area contributed by atoms with Crippen LogP contribution in [0.25, 0.3) is 0 Å². The predicted octanol–water partition coefficient (Wildman–Crippen LogP) is 5.02. The Hall–Kier alpha value is -3.01. The van der Waals surface area contributed by atoms with Gasteiger partial charge in [0, 0.05) is 38.3 Å². The summed E-state index contributed by atoms with van der Waals surface area (Å²) in [5.41, 5.74) is 6.24. The summed E-state index contributed by atoms with van der Waals surface area (Å²) in [5, 5.41) is 0. The van der Waals surface area contributed by atoms with Gasteiger partial charge in [-0.3, -0.25) is 0 Å². The summed E-state index contributed by atoms with van der Waals surface area (Å²) in [6.45, 7) is 4.61. The zero-order valence-corrected chi connectivity index (χ0v) is 20.6. The first-order valence-electron chi connectivity index (χ1n) is 10.5. The number of anilines is 1. The topological polar surface area (TPSA) is 28.5 Å². The van der Waals surface area contributed by atoms with E-state index in [9.17, 15) is 0 Å². The Kier molecular flexibility index (Phi) is 8.55. The molecule has 2 aliphatic heterocycles. The number of hydrogen-bond acceptors (Lipinski definition) is 3. The molecule has 3 aromatic rings. The van der Waals surface area contributed by atoms with Crippen LogP contribution in [0.5, 0.6) is 0 Å². The van der Waals surface area contributed by atoms with Gasteiger partial charge in [0.1, 0.15) is 0 Å². The molecule has 32 heavy (non-hydrogen) atoms. The van der Waals surface area contributed by atoms with Crippen LogP contribution in [0.3, 0.4) is 0 Å². The van der Waals surface area contributed by atoms with Crippen molar-refractivity contribution in [1.29, 1.82) is 0 Å². The molecule has 0 spiro atoms. The van der Waals surface area contributed by atoms with Gasteiger partial charge >= 0.3 is 0 Å². The molecule has 0 aliphatic carbocycles. The Morgan fingerprint density at radius 1 is 0.969 bits per heavy atom. The third kappa shape index (κ3) is 5.82. The van der Waals surface area contributed by atoms with E-state index in [0.29, 0.717) is 0 Å². The maximum Gasteiger partial charge on any atom is 0.204 e. The third-order valence-corrected chi connectivity index (χ3v) is 5.27. The molecule has 1 radical (unpaired) electrons. The molecule has 0 bridgehead atoms. The van der Waals surface area contributed by atoms with Crippen molar-refractivity contribution >= 4 is 23.7 Å². The summed E-state index contributed by atoms with van der Waals surface area (Å²) in [4.78, 5) is 10.5. The smallest absolute Gasteiger partial charge is 0.204 e. The molecule has 0 N–H and O–H groups in total.